The smallest absolute Gasteiger partial charge is 0.191 e. The molecule has 0 bridgehead atoms. The van der Waals surface area contributed by atoms with E-state index in [1.54, 1.807) is 26.3 Å². The van der Waals surface area contributed by atoms with E-state index in [4.69, 9.17) is 9.47 Å². The summed E-state index contributed by atoms with van der Waals surface area (Å²) in [6.45, 7) is 7.13. The largest absolute Gasteiger partial charge is 0.381 e. The summed E-state index contributed by atoms with van der Waals surface area (Å²) in [7, 11) is 3.36. The number of nitrogens with one attached hydrogen (secondary N) is 2. The molecule has 1 rings (SSSR count). The van der Waals surface area contributed by atoms with Gasteiger partial charge in [-0.1, -0.05) is 26.0 Å². The predicted molar refractivity (Wildman–Crippen MR) is 111 cm³/mol. The van der Waals surface area contributed by atoms with E-state index in [2.05, 4.69) is 29.5 Å². The fraction of sp³-hybridized carbons (Fsp3) is 0.611. The topological polar surface area (TPSA) is 54.9 Å². The summed E-state index contributed by atoms with van der Waals surface area (Å²) >= 11 is 0. The molecule has 1 aromatic carbocycles. The summed E-state index contributed by atoms with van der Waals surface area (Å²) in [6, 6.07) is 6.33. The van der Waals surface area contributed by atoms with Crippen LogP contribution in [-0.2, 0) is 9.47 Å². The molecule has 0 aliphatic carbocycles. The Kier molecular flexibility index (Phi) is 13.7. The van der Waals surface area contributed by atoms with Crippen molar-refractivity contribution in [2.24, 2.45) is 10.9 Å². The molecule has 1 unspecified atom stereocenters. The summed E-state index contributed by atoms with van der Waals surface area (Å²) in [5.41, 5.74) is 0.920. The third-order valence-electron chi connectivity index (χ3n) is 3.41. The van der Waals surface area contributed by atoms with Crippen molar-refractivity contribution < 1.29 is 13.9 Å². The number of guanidine groups is 1. The number of ether oxygens (including phenoxy) is 2. The number of halogens is 2. The fourth-order valence-corrected chi connectivity index (χ4v) is 2.12. The quantitative estimate of drug-likeness (QED) is 0.240. The molecule has 144 valence electrons. The van der Waals surface area contributed by atoms with Gasteiger partial charge in [-0.05, 0) is 30.0 Å². The van der Waals surface area contributed by atoms with Crippen molar-refractivity contribution in [1.29, 1.82) is 0 Å². The Bertz CT molecular complexity index is 484. The van der Waals surface area contributed by atoms with Gasteiger partial charge in [-0.3, -0.25) is 4.99 Å². The molecule has 0 aromatic heterocycles. The monoisotopic (exact) mass is 467 g/mol. The normalized spacial score (nSPS) is 12.6. The Morgan fingerprint density at radius 2 is 1.88 bits per heavy atom. The van der Waals surface area contributed by atoms with Gasteiger partial charge < -0.3 is 20.1 Å². The van der Waals surface area contributed by atoms with E-state index in [1.165, 1.54) is 12.1 Å². The Morgan fingerprint density at radius 3 is 2.44 bits per heavy atom. The Labute approximate surface area is 167 Å². The molecule has 0 amide bonds. The molecule has 0 aliphatic heterocycles. The van der Waals surface area contributed by atoms with Crippen molar-refractivity contribution in [2.45, 2.75) is 26.4 Å². The number of rotatable bonds is 10. The second-order valence-corrected chi connectivity index (χ2v) is 5.98. The van der Waals surface area contributed by atoms with Gasteiger partial charge in [-0.2, -0.15) is 0 Å². The molecule has 0 radical (unpaired) electrons. The first-order valence-corrected chi connectivity index (χ1v) is 8.37. The van der Waals surface area contributed by atoms with Crippen LogP contribution in [0.5, 0.6) is 0 Å². The summed E-state index contributed by atoms with van der Waals surface area (Å²) in [5, 5.41) is 6.46. The van der Waals surface area contributed by atoms with Crippen LogP contribution < -0.4 is 10.6 Å². The van der Waals surface area contributed by atoms with Crippen LogP contribution in [0.2, 0.25) is 0 Å². The molecule has 1 aromatic rings. The van der Waals surface area contributed by atoms with Crippen molar-refractivity contribution >= 4 is 29.9 Å². The second kappa shape index (κ2) is 14.3. The number of benzene rings is 1. The van der Waals surface area contributed by atoms with E-state index < -0.39 is 0 Å². The van der Waals surface area contributed by atoms with Crippen LogP contribution in [-0.4, -0.2) is 46.4 Å². The van der Waals surface area contributed by atoms with Gasteiger partial charge in [0.15, 0.2) is 5.96 Å². The maximum Gasteiger partial charge on any atom is 0.191 e. The van der Waals surface area contributed by atoms with Crippen molar-refractivity contribution in [3.63, 3.8) is 0 Å². The van der Waals surface area contributed by atoms with E-state index in [-0.39, 0.29) is 35.9 Å². The predicted octanol–water partition coefficient (Wildman–Crippen LogP) is 3.36. The van der Waals surface area contributed by atoms with E-state index >= 15 is 0 Å². The number of hydrogen-bond donors (Lipinski definition) is 2. The standard InChI is InChI=1S/C18H30FN3O2.HI/c1-14(2)13-24-11-5-10-21-18(20-3)22-12-17(23-4)15-6-8-16(19)9-7-15;/h6-9,14,17H,5,10-13H2,1-4H3,(H2,20,21,22);1H. The third kappa shape index (κ3) is 10.6. The van der Waals surface area contributed by atoms with E-state index in [1.807, 2.05) is 0 Å². The van der Waals surface area contributed by atoms with Crippen LogP contribution in [0, 0.1) is 11.7 Å². The molecule has 0 fully saturated rings. The van der Waals surface area contributed by atoms with Crippen molar-refractivity contribution in [1.82, 2.24) is 10.6 Å². The molecule has 7 heteroatoms. The number of hydrogen-bond acceptors (Lipinski definition) is 3. The van der Waals surface area contributed by atoms with Crippen LogP contribution in [0.25, 0.3) is 0 Å². The highest BCUT2D eigenvalue weighted by atomic mass is 127. The van der Waals surface area contributed by atoms with Gasteiger partial charge in [0.25, 0.3) is 0 Å². The number of methoxy groups -OCH3 is 1. The van der Waals surface area contributed by atoms with Crippen molar-refractivity contribution in [2.75, 3.05) is 40.5 Å². The van der Waals surface area contributed by atoms with Crippen LogP contribution in [0.3, 0.4) is 0 Å². The van der Waals surface area contributed by atoms with E-state index in [9.17, 15) is 4.39 Å². The van der Waals surface area contributed by atoms with Gasteiger partial charge in [0.2, 0.25) is 0 Å². The first-order chi connectivity index (χ1) is 11.6. The minimum Gasteiger partial charge on any atom is -0.381 e. The van der Waals surface area contributed by atoms with Crippen LogP contribution >= 0.6 is 24.0 Å². The lowest BCUT2D eigenvalue weighted by Gasteiger charge is -2.19. The molecule has 0 saturated carbocycles. The maximum atomic E-state index is 13.0. The van der Waals surface area contributed by atoms with Crippen LogP contribution in [0.15, 0.2) is 29.3 Å². The van der Waals surface area contributed by atoms with Gasteiger partial charge in [-0.25, -0.2) is 4.39 Å². The molecule has 0 heterocycles. The van der Waals surface area contributed by atoms with E-state index in [0.29, 0.717) is 18.4 Å². The molecule has 0 aliphatic rings. The molecule has 0 spiro atoms. The SMILES string of the molecule is CN=C(NCCCOCC(C)C)NCC(OC)c1ccc(F)cc1.I. The maximum absolute atomic E-state index is 13.0. The average molecular weight is 467 g/mol. The number of nitrogens with zero attached hydrogens (tertiary/aromatic N) is 1. The van der Waals surface area contributed by atoms with Gasteiger partial charge in [0.05, 0.1) is 6.10 Å². The molecular weight excluding hydrogens is 436 g/mol. The fourth-order valence-electron chi connectivity index (χ4n) is 2.12. The minimum atomic E-state index is -0.251. The zero-order chi connectivity index (χ0) is 17.8. The van der Waals surface area contributed by atoms with Gasteiger partial charge >= 0.3 is 0 Å². The third-order valence-corrected chi connectivity index (χ3v) is 3.41. The van der Waals surface area contributed by atoms with Gasteiger partial charge in [-0.15, -0.1) is 24.0 Å². The highest BCUT2D eigenvalue weighted by Crippen LogP contribution is 2.15. The molecule has 0 saturated heterocycles. The summed E-state index contributed by atoms with van der Waals surface area (Å²) in [4.78, 5) is 4.19. The second-order valence-electron chi connectivity index (χ2n) is 5.98. The highest BCUT2D eigenvalue weighted by Gasteiger charge is 2.11. The zero-order valence-electron chi connectivity index (χ0n) is 15.5. The van der Waals surface area contributed by atoms with Crippen LogP contribution in [0.4, 0.5) is 4.39 Å². The molecular formula is C18H31FIN3O2. The summed E-state index contributed by atoms with van der Waals surface area (Å²) in [6.07, 6.45) is 0.748. The lowest BCUT2D eigenvalue weighted by Crippen LogP contribution is -2.40. The van der Waals surface area contributed by atoms with Gasteiger partial charge in [0.1, 0.15) is 5.82 Å². The zero-order valence-corrected chi connectivity index (χ0v) is 17.9. The van der Waals surface area contributed by atoms with Crippen molar-refractivity contribution in [3.05, 3.63) is 35.6 Å². The first-order valence-electron chi connectivity index (χ1n) is 8.37. The van der Waals surface area contributed by atoms with Crippen LogP contribution in [0.1, 0.15) is 31.9 Å². The average Bonchev–Trinajstić information content (AvgIpc) is 2.57. The molecule has 25 heavy (non-hydrogen) atoms. The molecule has 2 N–H and O–H groups in total. The lowest BCUT2D eigenvalue weighted by atomic mass is 10.1. The molecule has 1 atom stereocenters. The van der Waals surface area contributed by atoms with Gasteiger partial charge in [0, 0.05) is 40.5 Å². The highest BCUT2D eigenvalue weighted by molar-refractivity contribution is 14.0. The Balaban J connectivity index is 0.00000576. The summed E-state index contributed by atoms with van der Waals surface area (Å²) < 4.78 is 24.0. The Hall–Kier alpha value is -0.930. The molecule has 5 nitrogen and oxygen atoms in total. The summed E-state index contributed by atoms with van der Waals surface area (Å²) in [5.74, 6) is 1.02. The minimum absolute atomic E-state index is 0. The number of aliphatic imine (C=N–C) groups is 1. The van der Waals surface area contributed by atoms with Crippen molar-refractivity contribution in [3.8, 4) is 0 Å². The van der Waals surface area contributed by atoms with E-state index in [0.717, 1.165) is 31.7 Å². The Morgan fingerprint density at radius 1 is 1.20 bits per heavy atom. The lowest BCUT2D eigenvalue weighted by molar-refractivity contribution is 0.106. The first kappa shape index (κ1) is 24.1.